The summed E-state index contributed by atoms with van der Waals surface area (Å²) in [6.07, 6.45) is -2.65. The number of benzene rings is 6. The fourth-order valence-corrected chi connectivity index (χ4v) is 18.2. The Hall–Kier alpha value is -7.48. The summed E-state index contributed by atoms with van der Waals surface area (Å²) in [4.78, 5) is 19.8. The Labute approximate surface area is 660 Å². The highest BCUT2D eigenvalue weighted by Crippen LogP contribution is 2.50. The number of halogens is 14. The number of alkyl halides is 8. The maximum absolute atomic E-state index is 16.0. The summed E-state index contributed by atoms with van der Waals surface area (Å²) >= 11 is 0. The number of unbranched alkanes of at least 4 members (excludes halogenated alkanes) is 1. The van der Waals surface area contributed by atoms with Crippen molar-refractivity contribution in [2.45, 2.75) is 178 Å². The van der Waals surface area contributed by atoms with E-state index in [1.165, 1.54) is 16.7 Å². The van der Waals surface area contributed by atoms with Crippen LogP contribution in [0.1, 0.15) is 178 Å². The average Bonchev–Trinajstić information content (AvgIpc) is 1.65. The summed E-state index contributed by atoms with van der Waals surface area (Å²) in [5.74, 6) is -12.3. The molecular weight excluding hydrogens is 1520 g/mol. The minimum absolute atomic E-state index is 0.0743. The van der Waals surface area contributed by atoms with Crippen LogP contribution in [0.4, 0.5) is 61.5 Å². The Kier molecular flexibility index (Phi) is 25.6. The van der Waals surface area contributed by atoms with Crippen molar-refractivity contribution < 1.29 is 87.0 Å². The molecule has 0 saturated carbocycles. The van der Waals surface area contributed by atoms with Crippen molar-refractivity contribution in [2.24, 2.45) is 17.8 Å². The van der Waals surface area contributed by atoms with E-state index in [0.717, 1.165) is 124 Å². The molecule has 9 aromatic rings. The largest absolute Gasteiger partial charge is 0.401 e. The Balaban J connectivity index is 0.000000150. The van der Waals surface area contributed by atoms with Gasteiger partial charge in [0.2, 0.25) is 0 Å². The SMILES string of the molecule is CC(F)CCN1CC(C(O)c2cc(F)c([C@@H]3c4[nH]c5ccccc5c4C[C@@H](C)N3CC(F)(F)CO)c(F)c2)C1.CCC1CN(CC[C@H](O)c2cc(F)c([C@@H]3c4[nH]c5ccccc5c4C[C@@H](C)N3CC(F)(F)F)c(F)c2)C1.CCCCN1CC([C@](C)(O)c2cc(F)c([C@@H]3c4[nH]c5ccccc5c4C[C@@H](C)N3CC(F)(F)CO)c(F)c2)C1. The normalized spacial score (nSPS) is 22.5. The molecular formula is C87H103F14N9O5. The number of H-pyrrole nitrogens is 3. The van der Waals surface area contributed by atoms with Gasteiger partial charge in [-0.3, -0.25) is 14.7 Å². The van der Waals surface area contributed by atoms with Crippen molar-refractivity contribution in [1.82, 2.24) is 44.4 Å². The van der Waals surface area contributed by atoms with Crippen molar-refractivity contribution in [2.75, 3.05) is 91.8 Å². The van der Waals surface area contributed by atoms with E-state index in [-0.39, 0.29) is 39.7 Å². The van der Waals surface area contributed by atoms with E-state index in [9.17, 15) is 60.7 Å². The third-order valence-corrected chi connectivity index (χ3v) is 24.8. The van der Waals surface area contributed by atoms with Crippen molar-refractivity contribution in [1.29, 1.82) is 0 Å². The Bertz CT molecular complexity index is 4810. The van der Waals surface area contributed by atoms with Crippen LogP contribution in [-0.2, 0) is 24.9 Å². The fraction of sp³-hybridized carbons (Fsp3) is 0.517. The van der Waals surface area contributed by atoms with Gasteiger partial charge in [-0.05, 0) is 174 Å². The van der Waals surface area contributed by atoms with Gasteiger partial charge in [0, 0.05) is 149 Å². The molecule has 15 rings (SSSR count). The van der Waals surface area contributed by atoms with E-state index in [2.05, 4.69) is 38.6 Å². The van der Waals surface area contributed by atoms with Gasteiger partial charge in [-0.25, -0.2) is 48.3 Å². The van der Waals surface area contributed by atoms with Gasteiger partial charge in [-0.1, -0.05) is 81.3 Å². The van der Waals surface area contributed by atoms with Crippen LogP contribution in [0.15, 0.2) is 109 Å². The van der Waals surface area contributed by atoms with Gasteiger partial charge in [0.05, 0.1) is 61.7 Å². The van der Waals surface area contributed by atoms with E-state index in [0.29, 0.717) is 99.9 Å². The first-order valence-corrected chi connectivity index (χ1v) is 40.0. The third kappa shape index (κ3) is 18.0. The third-order valence-electron chi connectivity index (χ3n) is 24.8. The van der Waals surface area contributed by atoms with Gasteiger partial charge >= 0.3 is 6.18 Å². The van der Waals surface area contributed by atoms with Crippen LogP contribution >= 0.6 is 0 Å². The predicted molar refractivity (Wildman–Crippen MR) is 414 cm³/mol. The van der Waals surface area contributed by atoms with Crippen LogP contribution in [0.3, 0.4) is 0 Å². The molecule has 28 heteroatoms. The first kappa shape index (κ1) is 85.4. The Morgan fingerprint density at radius 1 is 0.487 bits per heavy atom. The number of rotatable bonds is 25. The van der Waals surface area contributed by atoms with Gasteiger partial charge < -0.3 is 55.2 Å². The molecule has 3 aromatic heterocycles. The number of para-hydroxylation sites is 3. The van der Waals surface area contributed by atoms with E-state index >= 15 is 26.3 Å². The summed E-state index contributed by atoms with van der Waals surface area (Å²) < 4.78 is 207. The number of fused-ring (bicyclic) bond motifs is 9. The number of likely N-dealkylation sites (tertiary alicyclic amines) is 3. The molecule has 6 aromatic carbocycles. The number of nitrogens with one attached hydrogen (secondary N) is 3. The number of hydrogen-bond donors (Lipinski definition) is 8. The number of aromatic amines is 3. The number of aliphatic hydroxyl groups excluding tert-OH is 4. The van der Waals surface area contributed by atoms with Gasteiger partial charge in [-0.2, -0.15) is 13.2 Å². The zero-order valence-corrected chi connectivity index (χ0v) is 65.6. The minimum atomic E-state index is -4.55. The van der Waals surface area contributed by atoms with E-state index < -0.39 is 152 Å². The molecule has 14 nitrogen and oxygen atoms in total. The summed E-state index contributed by atoms with van der Waals surface area (Å²) in [6.45, 7) is 12.9. The molecule has 0 bridgehead atoms. The van der Waals surface area contributed by atoms with Crippen molar-refractivity contribution in [3.8, 4) is 0 Å². The van der Waals surface area contributed by atoms with Gasteiger partial charge in [0.25, 0.3) is 11.8 Å². The first-order chi connectivity index (χ1) is 54.5. The topological polar surface area (TPSA) is 168 Å². The highest BCUT2D eigenvalue weighted by Gasteiger charge is 2.50. The van der Waals surface area contributed by atoms with Crippen molar-refractivity contribution in [3.05, 3.63) is 211 Å². The van der Waals surface area contributed by atoms with Crippen molar-refractivity contribution in [3.63, 3.8) is 0 Å². The van der Waals surface area contributed by atoms with Gasteiger partial charge in [-0.15, -0.1) is 0 Å². The Morgan fingerprint density at radius 2 is 0.852 bits per heavy atom. The molecule has 10 atom stereocenters. The molecule has 0 amide bonds. The number of hydrogen-bond acceptors (Lipinski definition) is 11. The lowest BCUT2D eigenvalue weighted by molar-refractivity contribution is -0.155. The maximum Gasteiger partial charge on any atom is 0.401 e. The predicted octanol–water partition coefficient (Wildman–Crippen LogP) is 16.6. The van der Waals surface area contributed by atoms with Crippen LogP contribution in [0, 0.1) is 52.7 Å². The molecule has 0 spiro atoms. The first-order valence-electron chi connectivity index (χ1n) is 40.0. The lowest BCUT2D eigenvalue weighted by atomic mass is 9.77. The molecule has 0 radical (unpaired) electrons. The smallest absolute Gasteiger partial charge is 0.390 e. The summed E-state index contributed by atoms with van der Waals surface area (Å²) in [6, 6.07) is 23.5. The van der Waals surface area contributed by atoms with Gasteiger partial charge in [0.1, 0.15) is 48.1 Å². The molecule has 9 heterocycles. The zero-order valence-electron chi connectivity index (χ0n) is 65.6. The molecule has 3 saturated heterocycles. The molecule has 6 aliphatic rings. The van der Waals surface area contributed by atoms with Crippen LogP contribution in [0.25, 0.3) is 32.7 Å². The van der Waals surface area contributed by atoms with Crippen molar-refractivity contribution >= 4 is 32.7 Å². The highest BCUT2D eigenvalue weighted by molar-refractivity contribution is 5.87. The standard InChI is InChI=1S/C30H37F4N3O2.C29H34F5N3O2.C28H32F5N3O/c1-4-5-10-36-14-20(15-36)29(3,39)19-12-23(31)26(24(32)13-19)28-27-22(21-8-6-7-9-25(21)35-27)11-18(2)37(28)16-30(33,34)17-38;1-16(30)7-8-36-12-19(13-36)28(39)18-10-22(31)25(23(32)11-18)27-26-21(20-5-3-4-6-24(20)35-26)9-17(2)37(27)14-29(33,34)15-38;1-3-17-13-35(14-17)9-8-24(37)18-11-21(29)25(22(30)12-18)27-26-20(19-6-4-5-7-23(19)34-26)10-16(2)36(27)15-28(31,32)33/h6-9,12-13,18,20,28,35,38-39H,4-5,10-11,14-17H2,1-3H3;3-6,10-11,16-17,19,27-28,35,38-39H,7-9,12-15H2,1-2H3;4-7,11-12,16-17,24,27,34,37H,3,8-10,13-15H2,1-2H3/t18-,28-,29-;16?,17-,27-,28?;16-,24+,27-/m111/s1. The fourth-order valence-electron chi connectivity index (χ4n) is 18.2. The molecule has 624 valence electrons. The second-order valence-corrected chi connectivity index (χ2v) is 33.2. The number of aliphatic hydroxyl groups is 5. The van der Waals surface area contributed by atoms with Crippen LogP contribution in [-0.4, -0.2) is 204 Å². The zero-order chi connectivity index (χ0) is 82.7. The lowest BCUT2D eigenvalue weighted by Gasteiger charge is -2.47. The minimum Gasteiger partial charge on any atom is -0.390 e. The number of nitrogens with zero attached hydrogens (tertiary/aromatic N) is 6. The average molecular weight is 1620 g/mol. The quantitative estimate of drug-likeness (QED) is 0.0257. The number of aromatic nitrogens is 3. The molecule has 3 fully saturated rings. The van der Waals surface area contributed by atoms with E-state index in [1.54, 1.807) is 39.8 Å². The summed E-state index contributed by atoms with van der Waals surface area (Å²) in [7, 11) is 0. The molecule has 0 aliphatic carbocycles. The second-order valence-electron chi connectivity index (χ2n) is 33.2. The monoisotopic (exact) mass is 1620 g/mol. The maximum atomic E-state index is 16.0. The molecule has 8 N–H and O–H groups in total. The molecule has 2 unspecified atom stereocenters. The van der Waals surface area contributed by atoms with E-state index in [4.69, 9.17) is 0 Å². The van der Waals surface area contributed by atoms with Crippen LogP contribution in [0.5, 0.6) is 0 Å². The lowest BCUT2D eigenvalue weighted by Crippen LogP contribution is -2.55. The Morgan fingerprint density at radius 3 is 1.23 bits per heavy atom. The summed E-state index contributed by atoms with van der Waals surface area (Å²) in [5.41, 5.74) is 3.59. The van der Waals surface area contributed by atoms with Crippen LogP contribution < -0.4 is 0 Å². The highest BCUT2D eigenvalue weighted by atomic mass is 19.4. The molecule has 6 aliphatic heterocycles. The van der Waals surface area contributed by atoms with Gasteiger partial charge in [0.15, 0.2) is 0 Å². The molecule has 115 heavy (non-hydrogen) atoms. The van der Waals surface area contributed by atoms with E-state index in [1.807, 2.05) is 65.6 Å². The summed E-state index contributed by atoms with van der Waals surface area (Å²) in [5, 5.41) is 53.9. The van der Waals surface area contributed by atoms with Crippen LogP contribution in [0.2, 0.25) is 0 Å². The second kappa shape index (κ2) is 34.5.